The van der Waals surface area contributed by atoms with Gasteiger partial charge in [0.25, 0.3) is 0 Å². The zero-order valence-electron chi connectivity index (χ0n) is 39.4. The normalized spacial score (nSPS) is 13.6. The van der Waals surface area contributed by atoms with Gasteiger partial charge in [0.15, 0.2) is 0 Å². The number of benzene rings is 9. The number of pyridine rings is 1. The Bertz CT molecular complexity index is 3740. The van der Waals surface area contributed by atoms with Gasteiger partial charge in [0.1, 0.15) is 24.0 Å². The van der Waals surface area contributed by atoms with Crippen LogP contribution >= 0.6 is 0 Å². The van der Waals surface area contributed by atoms with E-state index < -0.39 is 5.41 Å². The maximum atomic E-state index is 6.86. The molecule has 70 heavy (non-hydrogen) atoms. The molecule has 0 bridgehead atoms. The van der Waals surface area contributed by atoms with Gasteiger partial charge in [0.2, 0.25) is 0 Å². The molecule has 3 heterocycles. The molecule has 0 radical (unpaired) electrons. The summed E-state index contributed by atoms with van der Waals surface area (Å²) in [6.07, 6.45) is 1.93. The lowest BCUT2D eigenvalue weighted by atomic mass is 9.67. The lowest BCUT2D eigenvalue weighted by Gasteiger charge is -2.34. The molecular formula is C65H50N4O. The molecule has 2 aromatic heterocycles. The van der Waals surface area contributed by atoms with Crippen LogP contribution < -0.4 is 14.5 Å². The van der Waals surface area contributed by atoms with Crippen LogP contribution in [0.1, 0.15) is 48.6 Å². The summed E-state index contributed by atoms with van der Waals surface area (Å²) < 4.78 is 9.13. The average molecular weight is 903 g/mol. The Balaban J connectivity index is 0.937. The Hall–Kier alpha value is -8.67. The largest absolute Gasteiger partial charge is 0.457 e. The van der Waals surface area contributed by atoms with Crippen molar-refractivity contribution in [3.63, 3.8) is 0 Å². The minimum atomic E-state index is -0.534. The summed E-state index contributed by atoms with van der Waals surface area (Å²) in [6.45, 7) is 7.32. The first-order valence-electron chi connectivity index (χ1n) is 24.2. The van der Waals surface area contributed by atoms with E-state index >= 15 is 0 Å². The Labute approximate surface area is 409 Å². The van der Waals surface area contributed by atoms with Gasteiger partial charge in [-0.1, -0.05) is 185 Å². The second-order valence-electron chi connectivity index (χ2n) is 19.5. The summed E-state index contributed by atoms with van der Waals surface area (Å²) in [5.41, 5.74) is 17.3. The summed E-state index contributed by atoms with van der Waals surface area (Å²) in [5, 5.41) is 2.34. The fourth-order valence-corrected chi connectivity index (χ4v) is 11.4. The number of aromatic nitrogens is 2. The lowest BCUT2D eigenvalue weighted by Crippen LogP contribution is -2.29. The van der Waals surface area contributed by atoms with Gasteiger partial charge >= 0.3 is 0 Å². The maximum Gasteiger partial charge on any atom is 0.137 e. The van der Waals surface area contributed by atoms with Crippen molar-refractivity contribution >= 4 is 44.6 Å². The van der Waals surface area contributed by atoms with Crippen molar-refractivity contribution in [3.8, 4) is 39.6 Å². The summed E-state index contributed by atoms with van der Waals surface area (Å²) >= 11 is 0. The van der Waals surface area contributed by atoms with E-state index in [2.05, 4.69) is 266 Å². The predicted octanol–water partition coefficient (Wildman–Crippen LogP) is 16.5. The van der Waals surface area contributed by atoms with E-state index in [-0.39, 0.29) is 5.41 Å². The number of ether oxygens (including phenoxy) is 1. The van der Waals surface area contributed by atoms with Gasteiger partial charge in [-0.25, -0.2) is 4.98 Å². The highest BCUT2D eigenvalue weighted by Gasteiger charge is 2.48. The Kier molecular flexibility index (Phi) is 9.63. The van der Waals surface area contributed by atoms with Gasteiger partial charge in [-0.05, 0) is 99.0 Å². The summed E-state index contributed by atoms with van der Waals surface area (Å²) in [4.78, 5) is 9.88. The molecule has 0 fully saturated rings. The molecule has 13 rings (SSSR count). The molecule has 0 N–H and O–H groups in total. The Morgan fingerprint density at radius 3 is 1.89 bits per heavy atom. The van der Waals surface area contributed by atoms with E-state index in [1.54, 1.807) is 0 Å². The number of hydrogen-bond acceptors (Lipinski definition) is 4. The molecule has 0 spiro atoms. The van der Waals surface area contributed by atoms with Gasteiger partial charge in [0.05, 0.1) is 33.5 Å². The predicted molar refractivity (Wildman–Crippen MR) is 289 cm³/mol. The second-order valence-corrected chi connectivity index (χ2v) is 19.5. The standard InChI is InChI=1S/C65H50N4O/c1-64(2,3)47-38-39-66-61(40-47)69-57-31-16-14-28-52(57)53-35-34-50(42-60(53)69)70-49-27-19-26-48(41-49)67-43-68(59-33-18-17-32-58(59)67)63-51(44-20-7-4-8-21-44)36-37-56-62(63)54-29-13-15-30-55(54)65(56,45-22-9-5-10-23-45)46-24-11-6-12-25-46/h4-42H,43H2,1-3H3. The molecule has 0 saturated heterocycles. The van der Waals surface area contributed by atoms with Crippen LogP contribution in [0.2, 0.25) is 0 Å². The van der Waals surface area contributed by atoms with Crippen molar-refractivity contribution in [2.24, 2.45) is 0 Å². The van der Waals surface area contributed by atoms with Crippen molar-refractivity contribution in [2.75, 3.05) is 16.5 Å². The molecule has 9 aromatic carbocycles. The van der Waals surface area contributed by atoms with E-state index in [1.165, 1.54) is 61.1 Å². The van der Waals surface area contributed by atoms with Crippen LogP contribution in [0.3, 0.4) is 0 Å². The number of nitrogens with zero attached hydrogens (tertiary/aromatic N) is 4. The van der Waals surface area contributed by atoms with Crippen LogP contribution in [0.25, 0.3) is 49.9 Å². The van der Waals surface area contributed by atoms with E-state index in [0.29, 0.717) is 6.67 Å². The van der Waals surface area contributed by atoms with Crippen molar-refractivity contribution < 1.29 is 4.74 Å². The SMILES string of the molecule is CC(C)(C)c1ccnc(-n2c3ccccc3c3ccc(Oc4cccc(N5CN(c6c(-c7ccccc7)ccc7c6-c6ccccc6C7(c6ccccc6)c6ccccc6)c6ccccc65)c4)cc32)c1. The van der Waals surface area contributed by atoms with Crippen molar-refractivity contribution in [2.45, 2.75) is 31.6 Å². The third-order valence-electron chi connectivity index (χ3n) is 14.5. The molecule has 0 amide bonds. The summed E-state index contributed by atoms with van der Waals surface area (Å²) in [6, 6.07) is 83.5. The molecule has 5 heteroatoms. The highest BCUT2D eigenvalue weighted by Crippen LogP contribution is 2.61. The molecular weight excluding hydrogens is 853 g/mol. The van der Waals surface area contributed by atoms with Crippen molar-refractivity contribution in [3.05, 3.63) is 265 Å². The number of para-hydroxylation sites is 3. The van der Waals surface area contributed by atoms with E-state index in [1.807, 2.05) is 6.20 Å². The topological polar surface area (TPSA) is 33.5 Å². The quantitative estimate of drug-likeness (QED) is 0.152. The van der Waals surface area contributed by atoms with Crippen LogP contribution in [0.5, 0.6) is 11.5 Å². The van der Waals surface area contributed by atoms with E-state index in [9.17, 15) is 0 Å². The third kappa shape index (κ3) is 6.49. The minimum absolute atomic E-state index is 0.0179. The summed E-state index contributed by atoms with van der Waals surface area (Å²) in [5.74, 6) is 2.41. The molecule has 0 unspecified atom stereocenters. The van der Waals surface area contributed by atoms with Crippen LogP contribution in [-0.4, -0.2) is 16.2 Å². The second kappa shape index (κ2) is 16.2. The number of anilines is 4. The molecule has 1 aliphatic heterocycles. The molecule has 11 aromatic rings. The fraction of sp³-hybridized carbons (Fsp3) is 0.0923. The van der Waals surface area contributed by atoms with Gasteiger partial charge in [0, 0.05) is 45.9 Å². The summed E-state index contributed by atoms with van der Waals surface area (Å²) in [7, 11) is 0. The van der Waals surface area contributed by atoms with Crippen LogP contribution in [0.15, 0.2) is 237 Å². The number of rotatable bonds is 8. The smallest absolute Gasteiger partial charge is 0.137 e. The van der Waals surface area contributed by atoms with Crippen molar-refractivity contribution in [1.29, 1.82) is 0 Å². The van der Waals surface area contributed by atoms with E-state index in [4.69, 9.17) is 9.72 Å². The molecule has 1 aliphatic carbocycles. The zero-order chi connectivity index (χ0) is 47.0. The Morgan fingerprint density at radius 2 is 1.13 bits per heavy atom. The fourth-order valence-electron chi connectivity index (χ4n) is 11.4. The highest BCUT2D eigenvalue weighted by molar-refractivity contribution is 6.09. The van der Waals surface area contributed by atoms with E-state index in [0.717, 1.165) is 50.8 Å². The number of hydrogen-bond donors (Lipinski definition) is 0. The maximum absolute atomic E-state index is 6.86. The molecule has 5 nitrogen and oxygen atoms in total. The minimum Gasteiger partial charge on any atom is -0.457 e. The Morgan fingerprint density at radius 1 is 0.486 bits per heavy atom. The first-order chi connectivity index (χ1) is 34.4. The van der Waals surface area contributed by atoms with Gasteiger partial charge in [-0.2, -0.15) is 0 Å². The highest BCUT2D eigenvalue weighted by atomic mass is 16.5. The first kappa shape index (κ1) is 41.5. The van der Waals surface area contributed by atoms with Crippen LogP contribution in [0, 0.1) is 0 Å². The van der Waals surface area contributed by atoms with Gasteiger partial charge in [-0.15, -0.1) is 0 Å². The monoisotopic (exact) mass is 902 g/mol. The van der Waals surface area contributed by atoms with Crippen LogP contribution in [0.4, 0.5) is 22.7 Å². The number of fused-ring (bicyclic) bond motifs is 7. The third-order valence-corrected chi connectivity index (χ3v) is 14.5. The first-order valence-corrected chi connectivity index (χ1v) is 24.2. The van der Waals surface area contributed by atoms with Gasteiger partial charge < -0.3 is 14.5 Å². The molecule has 2 aliphatic rings. The molecule has 0 atom stereocenters. The molecule has 0 saturated carbocycles. The lowest BCUT2D eigenvalue weighted by molar-refractivity contribution is 0.483. The van der Waals surface area contributed by atoms with Crippen molar-refractivity contribution in [1.82, 2.24) is 9.55 Å². The zero-order valence-corrected chi connectivity index (χ0v) is 39.4. The van der Waals surface area contributed by atoms with Crippen LogP contribution in [-0.2, 0) is 10.8 Å². The average Bonchev–Trinajstić information content (AvgIpc) is 4.06. The van der Waals surface area contributed by atoms with Gasteiger partial charge in [-0.3, -0.25) is 4.57 Å². The molecule has 336 valence electrons.